The fourth-order valence-electron chi connectivity index (χ4n) is 2.89. The van der Waals surface area contributed by atoms with Crippen molar-refractivity contribution >= 4 is 45.7 Å². The van der Waals surface area contributed by atoms with Crippen molar-refractivity contribution in [2.75, 3.05) is 10.6 Å². The Hall–Kier alpha value is -2.64. The van der Waals surface area contributed by atoms with Crippen molar-refractivity contribution in [3.8, 4) is 11.3 Å². The quantitative estimate of drug-likeness (QED) is 0.473. The number of rotatable bonds is 7. The van der Waals surface area contributed by atoms with Gasteiger partial charge >= 0.3 is 0 Å². The summed E-state index contributed by atoms with van der Waals surface area (Å²) in [4.78, 5) is 30.1. The molecule has 1 heterocycles. The zero-order valence-electron chi connectivity index (χ0n) is 16.8. The van der Waals surface area contributed by atoms with Gasteiger partial charge in [-0.15, -0.1) is 23.1 Å². The highest BCUT2D eigenvalue weighted by molar-refractivity contribution is 8.00. The average Bonchev–Trinajstić information content (AvgIpc) is 3.48. The summed E-state index contributed by atoms with van der Waals surface area (Å²) in [6.07, 6.45) is 1.94. The van der Waals surface area contributed by atoms with Crippen LogP contribution in [0.1, 0.15) is 25.3 Å². The predicted molar refractivity (Wildman–Crippen MR) is 124 cm³/mol. The van der Waals surface area contributed by atoms with Gasteiger partial charge in [0.1, 0.15) is 0 Å². The second kappa shape index (κ2) is 9.02. The Balaban J connectivity index is 1.35. The normalized spacial score (nSPS) is 14.2. The summed E-state index contributed by atoms with van der Waals surface area (Å²) in [7, 11) is 0. The van der Waals surface area contributed by atoms with E-state index in [1.54, 1.807) is 0 Å². The van der Waals surface area contributed by atoms with Crippen LogP contribution >= 0.6 is 23.1 Å². The molecule has 1 aromatic heterocycles. The number of thiazole rings is 1. The van der Waals surface area contributed by atoms with Gasteiger partial charge < -0.3 is 10.6 Å². The second-order valence-corrected chi connectivity index (χ2v) is 9.72. The minimum absolute atomic E-state index is 0.0797. The zero-order chi connectivity index (χ0) is 21.1. The summed E-state index contributed by atoms with van der Waals surface area (Å²) in [6.45, 7) is 3.91. The lowest BCUT2D eigenvalue weighted by Crippen LogP contribution is -2.22. The van der Waals surface area contributed by atoms with Crippen LogP contribution in [0.4, 0.5) is 10.8 Å². The number of nitrogens with one attached hydrogen (secondary N) is 2. The Morgan fingerprint density at radius 1 is 1.13 bits per heavy atom. The number of thioether (sulfide) groups is 1. The van der Waals surface area contributed by atoms with E-state index in [9.17, 15) is 9.59 Å². The molecule has 1 unspecified atom stereocenters. The number of amides is 2. The van der Waals surface area contributed by atoms with Gasteiger partial charge in [0.15, 0.2) is 5.13 Å². The summed E-state index contributed by atoms with van der Waals surface area (Å²) in [5.74, 6) is 0.141. The first kappa shape index (κ1) is 20.6. The van der Waals surface area contributed by atoms with Crippen molar-refractivity contribution in [2.45, 2.75) is 36.8 Å². The smallest absolute Gasteiger partial charge is 0.239 e. The monoisotopic (exact) mass is 437 g/mol. The molecule has 5 nitrogen and oxygen atoms in total. The minimum Gasteiger partial charge on any atom is -0.326 e. The molecule has 7 heteroatoms. The van der Waals surface area contributed by atoms with Gasteiger partial charge in [0.05, 0.1) is 10.9 Å². The Morgan fingerprint density at radius 2 is 1.90 bits per heavy atom. The summed E-state index contributed by atoms with van der Waals surface area (Å²) in [6, 6.07) is 15.8. The minimum atomic E-state index is -0.300. The van der Waals surface area contributed by atoms with E-state index in [2.05, 4.69) is 15.6 Å². The first-order chi connectivity index (χ1) is 14.5. The number of hydrogen-bond acceptors (Lipinski definition) is 5. The van der Waals surface area contributed by atoms with E-state index in [-0.39, 0.29) is 23.0 Å². The molecule has 2 N–H and O–H groups in total. The molecule has 1 atom stereocenters. The standard InChI is InChI=1S/C23H23N3O2S2/c1-14-6-8-16(9-7-14)20-13-29-23(25-20)26-21(27)15(2)30-19-5-3-4-18(12-19)24-22(28)17-10-11-17/h3-9,12-13,15,17H,10-11H2,1-2H3,(H,24,28)(H,25,26,27). The van der Waals surface area contributed by atoms with Gasteiger partial charge in [-0.05, 0) is 44.9 Å². The third-order valence-corrected chi connectivity index (χ3v) is 6.66. The molecule has 30 heavy (non-hydrogen) atoms. The van der Waals surface area contributed by atoms with E-state index in [0.717, 1.165) is 34.7 Å². The second-order valence-electron chi connectivity index (χ2n) is 7.44. The lowest BCUT2D eigenvalue weighted by molar-refractivity contribution is -0.117. The van der Waals surface area contributed by atoms with Gasteiger partial charge in [-0.2, -0.15) is 0 Å². The van der Waals surface area contributed by atoms with E-state index < -0.39 is 0 Å². The van der Waals surface area contributed by atoms with E-state index in [1.165, 1.54) is 28.7 Å². The van der Waals surface area contributed by atoms with Crippen LogP contribution in [-0.2, 0) is 9.59 Å². The third-order valence-electron chi connectivity index (χ3n) is 4.81. The zero-order valence-corrected chi connectivity index (χ0v) is 18.5. The molecule has 0 radical (unpaired) electrons. The average molecular weight is 438 g/mol. The Bertz CT molecular complexity index is 1060. The molecule has 2 aromatic carbocycles. The number of aromatic nitrogens is 1. The maximum Gasteiger partial charge on any atom is 0.239 e. The van der Waals surface area contributed by atoms with Crippen LogP contribution in [0.25, 0.3) is 11.3 Å². The van der Waals surface area contributed by atoms with Crippen LogP contribution in [0, 0.1) is 12.8 Å². The third kappa shape index (κ3) is 5.29. The van der Waals surface area contributed by atoms with Gasteiger partial charge in [-0.3, -0.25) is 9.59 Å². The van der Waals surface area contributed by atoms with E-state index in [0.29, 0.717) is 5.13 Å². The Kier molecular flexibility index (Phi) is 6.20. The number of benzene rings is 2. The topological polar surface area (TPSA) is 71.1 Å². The molecular formula is C23H23N3O2S2. The molecule has 0 aliphatic heterocycles. The molecule has 3 aromatic rings. The summed E-state index contributed by atoms with van der Waals surface area (Å²) < 4.78 is 0. The fourth-order valence-corrected chi connectivity index (χ4v) is 4.54. The summed E-state index contributed by atoms with van der Waals surface area (Å²) in [5, 5.41) is 8.10. The fraction of sp³-hybridized carbons (Fsp3) is 0.261. The summed E-state index contributed by atoms with van der Waals surface area (Å²) >= 11 is 2.87. The van der Waals surface area contributed by atoms with Crippen LogP contribution in [0.3, 0.4) is 0 Å². The molecule has 1 aliphatic rings. The van der Waals surface area contributed by atoms with E-state index in [1.807, 2.05) is 67.8 Å². The van der Waals surface area contributed by atoms with Crippen LogP contribution in [0.2, 0.25) is 0 Å². The molecule has 1 fully saturated rings. The molecule has 4 rings (SSSR count). The highest BCUT2D eigenvalue weighted by atomic mass is 32.2. The van der Waals surface area contributed by atoms with E-state index >= 15 is 0 Å². The number of carbonyl (C=O) groups excluding carboxylic acids is 2. The van der Waals surface area contributed by atoms with Gasteiger partial charge in [-0.25, -0.2) is 4.98 Å². The highest BCUT2D eigenvalue weighted by Gasteiger charge is 2.29. The maximum absolute atomic E-state index is 12.6. The molecule has 154 valence electrons. The number of aryl methyl sites for hydroxylation is 1. The Labute approximate surface area is 184 Å². The highest BCUT2D eigenvalue weighted by Crippen LogP contribution is 2.32. The van der Waals surface area contributed by atoms with Crippen molar-refractivity contribution in [1.29, 1.82) is 0 Å². The van der Waals surface area contributed by atoms with Gasteiger partial charge in [-0.1, -0.05) is 35.9 Å². The number of nitrogens with zero attached hydrogens (tertiary/aromatic N) is 1. The molecule has 2 amide bonds. The molecule has 0 spiro atoms. The van der Waals surface area contributed by atoms with Crippen LogP contribution in [0.5, 0.6) is 0 Å². The molecular weight excluding hydrogens is 414 g/mol. The van der Waals surface area contributed by atoms with E-state index in [4.69, 9.17) is 0 Å². The first-order valence-electron chi connectivity index (χ1n) is 9.89. The van der Waals surface area contributed by atoms with Crippen molar-refractivity contribution in [3.63, 3.8) is 0 Å². The molecule has 0 saturated heterocycles. The van der Waals surface area contributed by atoms with Gasteiger partial charge in [0.2, 0.25) is 11.8 Å². The van der Waals surface area contributed by atoms with Crippen LogP contribution < -0.4 is 10.6 Å². The van der Waals surface area contributed by atoms with Gasteiger partial charge in [0.25, 0.3) is 0 Å². The SMILES string of the molecule is Cc1ccc(-c2csc(NC(=O)C(C)Sc3cccc(NC(=O)C4CC4)c3)n2)cc1. The maximum atomic E-state index is 12.6. The summed E-state index contributed by atoms with van der Waals surface area (Å²) in [5.41, 5.74) is 3.86. The number of carbonyl (C=O) groups is 2. The number of hydrogen-bond donors (Lipinski definition) is 2. The Morgan fingerprint density at radius 3 is 2.63 bits per heavy atom. The molecule has 1 saturated carbocycles. The van der Waals surface area contributed by atoms with Crippen LogP contribution in [0.15, 0.2) is 58.8 Å². The molecule has 0 bridgehead atoms. The lowest BCUT2D eigenvalue weighted by atomic mass is 10.1. The number of anilines is 2. The first-order valence-corrected chi connectivity index (χ1v) is 11.6. The van der Waals surface area contributed by atoms with Crippen molar-refractivity contribution < 1.29 is 9.59 Å². The molecule has 1 aliphatic carbocycles. The van der Waals surface area contributed by atoms with Crippen LogP contribution in [-0.4, -0.2) is 22.0 Å². The lowest BCUT2D eigenvalue weighted by Gasteiger charge is -2.12. The predicted octanol–water partition coefficient (Wildman–Crippen LogP) is 5.59. The van der Waals surface area contributed by atoms with Crippen molar-refractivity contribution in [2.24, 2.45) is 5.92 Å². The van der Waals surface area contributed by atoms with Crippen molar-refractivity contribution in [1.82, 2.24) is 4.98 Å². The van der Waals surface area contributed by atoms with Gasteiger partial charge in [0, 0.05) is 27.4 Å². The largest absolute Gasteiger partial charge is 0.326 e. The van der Waals surface area contributed by atoms with Crippen molar-refractivity contribution in [3.05, 3.63) is 59.5 Å².